The molecule has 0 spiro atoms. The number of hydrogen-bond acceptors (Lipinski definition) is 6. The van der Waals surface area contributed by atoms with Crippen molar-refractivity contribution < 1.29 is 9.53 Å². The summed E-state index contributed by atoms with van der Waals surface area (Å²) < 4.78 is 6.99. The molecule has 1 fully saturated rings. The number of carbonyl (C=O) groups is 1. The molecule has 0 saturated heterocycles. The van der Waals surface area contributed by atoms with Crippen LogP contribution in [0.15, 0.2) is 24.3 Å². The first-order chi connectivity index (χ1) is 12.7. The van der Waals surface area contributed by atoms with Crippen molar-refractivity contribution in [2.75, 3.05) is 13.7 Å². The Bertz CT molecular complexity index is 898. The summed E-state index contributed by atoms with van der Waals surface area (Å²) in [6.07, 6.45) is 4.21. The van der Waals surface area contributed by atoms with Crippen molar-refractivity contribution in [3.8, 4) is 5.75 Å². The van der Waals surface area contributed by atoms with Crippen molar-refractivity contribution in [1.29, 1.82) is 0 Å². The van der Waals surface area contributed by atoms with Gasteiger partial charge in [-0.25, -0.2) is 0 Å². The van der Waals surface area contributed by atoms with E-state index in [4.69, 9.17) is 4.74 Å². The van der Waals surface area contributed by atoms with Gasteiger partial charge >= 0.3 is 0 Å². The van der Waals surface area contributed by atoms with Crippen LogP contribution in [-0.4, -0.2) is 39.4 Å². The van der Waals surface area contributed by atoms with Crippen LogP contribution in [0.25, 0.3) is 4.96 Å². The van der Waals surface area contributed by atoms with E-state index in [2.05, 4.69) is 20.6 Å². The highest BCUT2D eigenvalue weighted by atomic mass is 32.1. The number of ether oxygens (including phenoxy) is 1. The van der Waals surface area contributed by atoms with Crippen LogP contribution in [0.1, 0.15) is 41.6 Å². The normalized spacial score (nSPS) is 13.9. The van der Waals surface area contributed by atoms with E-state index in [0.29, 0.717) is 25.3 Å². The molecule has 4 rings (SSSR count). The van der Waals surface area contributed by atoms with Gasteiger partial charge in [-0.3, -0.25) is 4.79 Å². The summed E-state index contributed by atoms with van der Waals surface area (Å²) in [7, 11) is 1.65. The zero-order valence-electron chi connectivity index (χ0n) is 14.6. The van der Waals surface area contributed by atoms with Crippen LogP contribution in [0, 0.1) is 0 Å². The Morgan fingerprint density at radius 3 is 2.81 bits per heavy atom. The summed E-state index contributed by atoms with van der Waals surface area (Å²) >= 11 is 1.52. The lowest BCUT2D eigenvalue weighted by Crippen LogP contribution is -2.25. The van der Waals surface area contributed by atoms with Gasteiger partial charge in [0.2, 0.25) is 10.9 Å². The molecule has 0 aliphatic heterocycles. The quantitative estimate of drug-likeness (QED) is 0.657. The van der Waals surface area contributed by atoms with E-state index in [-0.39, 0.29) is 5.91 Å². The molecule has 1 amide bonds. The van der Waals surface area contributed by atoms with E-state index in [1.165, 1.54) is 29.7 Å². The molecule has 8 heteroatoms. The third-order valence-corrected chi connectivity index (χ3v) is 5.42. The fraction of sp³-hybridized carbons (Fsp3) is 0.444. The number of fused-ring (bicyclic) bond motifs is 1. The highest BCUT2D eigenvalue weighted by Gasteiger charge is 2.30. The van der Waals surface area contributed by atoms with Crippen molar-refractivity contribution in [3.05, 3.63) is 40.7 Å². The predicted molar refractivity (Wildman–Crippen MR) is 98.7 cm³/mol. The molecular formula is C18H21N5O2S. The number of methoxy groups -OCH3 is 1. The maximum atomic E-state index is 12.1. The summed E-state index contributed by atoms with van der Waals surface area (Å²) in [4.78, 5) is 12.9. The number of aryl methyl sites for hydroxylation is 1. The molecule has 0 atom stereocenters. The number of benzene rings is 1. The summed E-state index contributed by atoms with van der Waals surface area (Å²) in [5, 5.41) is 16.9. The number of aromatic nitrogens is 4. The molecule has 2 aromatic heterocycles. The first-order valence-corrected chi connectivity index (χ1v) is 9.65. The standard InChI is InChI=1S/C18H21N5O2S/c1-25-14-6-2-12(3-7-14)10-11-19-15(24)8-9-16-22-23-17(13-4-5-13)20-21-18(23)26-16/h2-3,6-7,13H,4-5,8-11H2,1H3,(H,19,24). The number of carbonyl (C=O) groups excluding carboxylic acids is 1. The molecule has 26 heavy (non-hydrogen) atoms. The Kier molecular flexibility index (Phi) is 4.83. The van der Waals surface area contributed by atoms with Crippen molar-refractivity contribution in [2.45, 2.75) is 38.0 Å². The largest absolute Gasteiger partial charge is 0.497 e. The maximum absolute atomic E-state index is 12.1. The Labute approximate surface area is 155 Å². The van der Waals surface area contributed by atoms with Gasteiger partial charge in [-0.2, -0.15) is 9.61 Å². The molecule has 1 saturated carbocycles. The van der Waals surface area contributed by atoms with Crippen molar-refractivity contribution >= 4 is 22.2 Å². The topological polar surface area (TPSA) is 81.4 Å². The molecule has 0 radical (unpaired) electrons. The maximum Gasteiger partial charge on any atom is 0.234 e. The molecule has 2 heterocycles. The van der Waals surface area contributed by atoms with Crippen molar-refractivity contribution in [3.63, 3.8) is 0 Å². The molecule has 1 aromatic carbocycles. The lowest BCUT2D eigenvalue weighted by atomic mass is 10.1. The van der Waals surface area contributed by atoms with Crippen LogP contribution < -0.4 is 10.1 Å². The minimum atomic E-state index is 0.0480. The lowest BCUT2D eigenvalue weighted by molar-refractivity contribution is -0.121. The van der Waals surface area contributed by atoms with Gasteiger partial charge in [0.25, 0.3) is 0 Å². The molecule has 0 bridgehead atoms. The average molecular weight is 371 g/mol. The van der Waals surface area contributed by atoms with E-state index < -0.39 is 0 Å². The van der Waals surface area contributed by atoms with Crippen LogP contribution in [0.4, 0.5) is 0 Å². The van der Waals surface area contributed by atoms with Gasteiger partial charge < -0.3 is 10.1 Å². The second kappa shape index (κ2) is 7.41. The third kappa shape index (κ3) is 3.85. The minimum Gasteiger partial charge on any atom is -0.497 e. The summed E-state index contributed by atoms with van der Waals surface area (Å²) in [5.41, 5.74) is 1.17. The van der Waals surface area contributed by atoms with Crippen LogP contribution in [-0.2, 0) is 17.6 Å². The first-order valence-electron chi connectivity index (χ1n) is 8.83. The van der Waals surface area contributed by atoms with Crippen molar-refractivity contribution in [2.24, 2.45) is 0 Å². The average Bonchev–Trinajstić information content (AvgIpc) is 3.30. The number of hydrogen-bond donors (Lipinski definition) is 1. The van der Waals surface area contributed by atoms with Gasteiger partial charge in [0.1, 0.15) is 10.8 Å². The second-order valence-electron chi connectivity index (χ2n) is 6.47. The Balaban J connectivity index is 1.23. The fourth-order valence-corrected chi connectivity index (χ4v) is 3.66. The van der Waals surface area contributed by atoms with Gasteiger partial charge in [-0.05, 0) is 37.0 Å². The fourth-order valence-electron chi connectivity index (χ4n) is 2.82. The number of amides is 1. The highest BCUT2D eigenvalue weighted by molar-refractivity contribution is 7.16. The van der Waals surface area contributed by atoms with Gasteiger partial charge in [-0.15, -0.1) is 10.2 Å². The van der Waals surface area contributed by atoms with Crippen LogP contribution >= 0.6 is 11.3 Å². The van der Waals surface area contributed by atoms with E-state index in [1.54, 1.807) is 7.11 Å². The van der Waals surface area contributed by atoms with Crippen LogP contribution in [0.5, 0.6) is 5.75 Å². The molecule has 1 aliphatic carbocycles. The van der Waals surface area contributed by atoms with Gasteiger partial charge in [-0.1, -0.05) is 23.5 Å². The molecule has 3 aromatic rings. The Morgan fingerprint density at radius 1 is 1.27 bits per heavy atom. The van der Waals surface area contributed by atoms with Crippen molar-refractivity contribution in [1.82, 2.24) is 25.1 Å². The third-order valence-electron chi connectivity index (χ3n) is 4.46. The SMILES string of the molecule is COc1ccc(CCNC(=O)CCc2nn3c(C4CC4)nnc3s2)cc1. The van der Waals surface area contributed by atoms with Crippen LogP contribution in [0.2, 0.25) is 0 Å². The molecular weight excluding hydrogens is 350 g/mol. The van der Waals surface area contributed by atoms with E-state index >= 15 is 0 Å². The second-order valence-corrected chi connectivity index (χ2v) is 7.51. The van der Waals surface area contributed by atoms with E-state index in [0.717, 1.165) is 28.0 Å². The van der Waals surface area contributed by atoms with E-state index in [9.17, 15) is 4.79 Å². The zero-order chi connectivity index (χ0) is 17.9. The molecule has 7 nitrogen and oxygen atoms in total. The minimum absolute atomic E-state index is 0.0480. The van der Waals surface area contributed by atoms with Gasteiger partial charge in [0, 0.05) is 25.3 Å². The Morgan fingerprint density at radius 2 is 2.08 bits per heavy atom. The lowest BCUT2D eigenvalue weighted by Gasteiger charge is -2.05. The first kappa shape index (κ1) is 17.0. The number of nitrogens with one attached hydrogen (secondary N) is 1. The molecule has 136 valence electrons. The smallest absolute Gasteiger partial charge is 0.234 e. The molecule has 1 N–H and O–H groups in total. The number of rotatable bonds is 8. The predicted octanol–water partition coefficient (Wildman–Crippen LogP) is 2.36. The van der Waals surface area contributed by atoms with Gasteiger partial charge in [0.05, 0.1) is 7.11 Å². The summed E-state index contributed by atoms with van der Waals surface area (Å²) in [5.74, 6) is 2.37. The monoisotopic (exact) mass is 371 g/mol. The van der Waals surface area contributed by atoms with Crippen LogP contribution in [0.3, 0.4) is 0 Å². The number of nitrogens with zero attached hydrogens (tertiary/aromatic N) is 4. The highest BCUT2D eigenvalue weighted by Crippen LogP contribution is 2.39. The Hall–Kier alpha value is -2.48. The molecule has 1 aliphatic rings. The van der Waals surface area contributed by atoms with E-state index in [1.807, 2.05) is 28.8 Å². The van der Waals surface area contributed by atoms with Gasteiger partial charge in [0.15, 0.2) is 5.82 Å². The molecule has 0 unspecified atom stereocenters. The zero-order valence-corrected chi connectivity index (χ0v) is 15.5. The summed E-state index contributed by atoms with van der Waals surface area (Å²) in [6.45, 7) is 0.627. The summed E-state index contributed by atoms with van der Waals surface area (Å²) in [6, 6.07) is 7.89.